The van der Waals surface area contributed by atoms with Crippen LogP contribution in [0.25, 0.3) is 0 Å². The van der Waals surface area contributed by atoms with E-state index in [1.165, 1.54) is 18.2 Å². The van der Waals surface area contributed by atoms with Gasteiger partial charge in [-0.05, 0) is 52.3 Å². The van der Waals surface area contributed by atoms with Crippen LogP contribution in [0.5, 0.6) is 0 Å². The zero-order valence-corrected chi connectivity index (χ0v) is 10.3. The van der Waals surface area contributed by atoms with E-state index in [0.717, 1.165) is 0 Å². The number of rotatable bonds is 2. The molecule has 0 radical (unpaired) electrons. The molecule has 5 heteroatoms. The average molecular weight is 299 g/mol. The summed E-state index contributed by atoms with van der Waals surface area (Å²) in [6.07, 6.45) is 0. The summed E-state index contributed by atoms with van der Waals surface area (Å²) in [4.78, 5) is 0. The smallest absolute Gasteiger partial charge is 0.139 e. The Hall–Kier alpha value is -1.62. The third-order valence-electron chi connectivity index (χ3n) is 2.13. The van der Waals surface area contributed by atoms with Crippen molar-refractivity contribution in [3.8, 4) is 0 Å². The minimum Gasteiger partial charge on any atom is -0.399 e. The lowest BCUT2D eigenvalue weighted by Gasteiger charge is -2.08. The summed E-state index contributed by atoms with van der Waals surface area (Å²) in [5.74, 6) is -0.829. The van der Waals surface area contributed by atoms with Gasteiger partial charge < -0.3 is 11.1 Å². The van der Waals surface area contributed by atoms with Crippen molar-refractivity contribution in [2.75, 3.05) is 11.1 Å². The molecule has 0 aromatic heterocycles. The summed E-state index contributed by atoms with van der Waals surface area (Å²) in [7, 11) is 0. The molecule has 0 unspecified atom stereocenters. The van der Waals surface area contributed by atoms with Gasteiger partial charge in [-0.3, -0.25) is 0 Å². The highest BCUT2D eigenvalue weighted by Crippen LogP contribution is 2.24. The molecule has 2 rings (SSSR count). The molecular formula is C12H9BrF2N2. The zero-order chi connectivity index (χ0) is 12.4. The van der Waals surface area contributed by atoms with Crippen LogP contribution in [0.1, 0.15) is 0 Å². The van der Waals surface area contributed by atoms with Crippen LogP contribution in [0.3, 0.4) is 0 Å². The third kappa shape index (κ3) is 2.94. The molecule has 0 spiro atoms. The molecule has 2 nitrogen and oxygen atoms in total. The fourth-order valence-electron chi connectivity index (χ4n) is 1.43. The van der Waals surface area contributed by atoms with E-state index in [-0.39, 0.29) is 5.82 Å². The van der Waals surface area contributed by atoms with Crippen LogP contribution in [0.2, 0.25) is 0 Å². The Kier molecular flexibility index (Phi) is 3.28. The van der Waals surface area contributed by atoms with Crippen LogP contribution in [-0.2, 0) is 0 Å². The highest BCUT2D eigenvalue weighted by Gasteiger charge is 2.02. The van der Waals surface area contributed by atoms with E-state index < -0.39 is 5.82 Å². The molecule has 0 fully saturated rings. The molecule has 0 amide bonds. The van der Waals surface area contributed by atoms with Crippen molar-refractivity contribution >= 4 is 33.0 Å². The van der Waals surface area contributed by atoms with Crippen molar-refractivity contribution < 1.29 is 8.78 Å². The Balaban J connectivity index is 2.28. The second-order valence-electron chi connectivity index (χ2n) is 3.53. The molecule has 88 valence electrons. The SMILES string of the molecule is Nc1cc(F)cc(Nc2ccc(Br)c(F)c2)c1. The Labute approximate surface area is 106 Å². The number of hydrogen-bond donors (Lipinski definition) is 2. The van der Waals surface area contributed by atoms with Crippen molar-refractivity contribution in [2.24, 2.45) is 0 Å². The minimum absolute atomic E-state index is 0.310. The molecule has 0 heterocycles. The molecule has 2 aromatic rings. The topological polar surface area (TPSA) is 38.0 Å². The molecule has 0 atom stereocenters. The Morgan fingerprint density at radius 2 is 1.76 bits per heavy atom. The standard InChI is InChI=1S/C12H9BrF2N2/c13-11-2-1-9(6-12(11)15)17-10-4-7(14)3-8(16)5-10/h1-6,17H,16H2. The summed E-state index contributed by atoms with van der Waals surface area (Å²) in [5.41, 5.74) is 6.82. The number of benzene rings is 2. The fraction of sp³-hybridized carbons (Fsp3) is 0. The van der Waals surface area contributed by atoms with Crippen LogP contribution < -0.4 is 11.1 Å². The van der Waals surface area contributed by atoms with Gasteiger partial charge in [-0.25, -0.2) is 8.78 Å². The molecule has 2 aromatic carbocycles. The van der Waals surface area contributed by atoms with Crippen molar-refractivity contribution in [1.29, 1.82) is 0 Å². The largest absolute Gasteiger partial charge is 0.399 e. The van der Waals surface area contributed by atoms with Gasteiger partial charge in [0.15, 0.2) is 0 Å². The molecule has 17 heavy (non-hydrogen) atoms. The molecular weight excluding hydrogens is 290 g/mol. The highest BCUT2D eigenvalue weighted by molar-refractivity contribution is 9.10. The number of nitrogens with one attached hydrogen (secondary N) is 1. The first-order chi connectivity index (χ1) is 8.04. The number of nitrogen functional groups attached to an aromatic ring is 1. The van der Waals surface area contributed by atoms with E-state index in [2.05, 4.69) is 21.2 Å². The van der Waals surface area contributed by atoms with Gasteiger partial charge in [0.2, 0.25) is 0 Å². The summed E-state index contributed by atoms with van der Waals surface area (Å²) in [6, 6.07) is 8.63. The quantitative estimate of drug-likeness (QED) is 0.821. The van der Waals surface area contributed by atoms with Crippen LogP contribution in [0.4, 0.5) is 25.8 Å². The molecule has 0 aliphatic rings. The maximum atomic E-state index is 13.3. The lowest BCUT2D eigenvalue weighted by molar-refractivity contribution is 0.622. The van der Waals surface area contributed by atoms with Crippen LogP contribution in [0.15, 0.2) is 40.9 Å². The second kappa shape index (κ2) is 4.71. The predicted octanol–water partition coefficient (Wildman–Crippen LogP) is 4.05. The summed E-state index contributed by atoms with van der Waals surface area (Å²) in [5, 5.41) is 2.87. The van der Waals surface area contributed by atoms with Gasteiger partial charge in [0.05, 0.1) is 4.47 Å². The van der Waals surface area contributed by atoms with E-state index >= 15 is 0 Å². The fourth-order valence-corrected chi connectivity index (χ4v) is 1.67. The number of nitrogens with two attached hydrogens (primary N) is 1. The number of hydrogen-bond acceptors (Lipinski definition) is 2. The van der Waals surface area contributed by atoms with Crippen molar-refractivity contribution in [3.05, 3.63) is 52.5 Å². The van der Waals surface area contributed by atoms with E-state index in [9.17, 15) is 8.78 Å². The Morgan fingerprint density at radius 1 is 1.00 bits per heavy atom. The van der Waals surface area contributed by atoms with E-state index in [1.54, 1.807) is 18.2 Å². The first kappa shape index (κ1) is 11.9. The first-order valence-electron chi connectivity index (χ1n) is 4.83. The lowest BCUT2D eigenvalue weighted by Crippen LogP contribution is -1.94. The second-order valence-corrected chi connectivity index (χ2v) is 4.38. The number of anilines is 3. The van der Waals surface area contributed by atoms with Gasteiger partial charge in [0.1, 0.15) is 11.6 Å². The molecule has 0 bridgehead atoms. The average Bonchev–Trinajstić information content (AvgIpc) is 2.22. The van der Waals surface area contributed by atoms with E-state index in [1.807, 2.05) is 0 Å². The summed E-state index contributed by atoms with van der Waals surface area (Å²) < 4.78 is 26.7. The molecule has 0 saturated carbocycles. The van der Waals surface area contributed by atoms with Crippen molar-refractivity contribution in [1.82, 2.24) is 0 Å². The van der Waals surface area contributed by atoms with Crippen LogP contribution >= 0.6 is 15.9 Å². The highest BCUT2D eigenvalue weighted by atomic mass is 79.9. The van der Waals surface area contributed by atoms with Crippen molar-refractivity contribution in [2.45, 2.75) is 0 Å². The van der Waals surface area contributed by atoms with Crippen molar-refractivity contribution in [3.63, 3.8) is 0 Å². The van der Waals surface area contributed by atoms with Gasteiger partial charge in [0.25, 0.3) is 0 Å². The summed E-state index contributed by atoms with van der Waals surface area (Å²) in [6.45, 7) is 0. The molecule has 3 N–H and O–H groups in total. The maximum absolute atomic E-state index is 13.3. The van der Waals surface area contributed by atoms with E-state index in [0.29, 0.717) is 21.5 Å². The molecule has 0 aliphatic heterocycles. The normalized spacial score (nSPS) is 10.3. The monoisotopic (exact) mass is 298 g/mol. The molecule has 0 saturated heterocycles. The van der Waals surface area contributed by atoms with Gasteiger partial charge >= 0.3 is 0 Å². The van der Waals surface area contributed by atoms with Crippen LogP contribution in [0, 0.1) is 11.6 Å². The van der Waals surface area contributed by atoms with Gasteiger partial charge in [0, 0.05) is 17.1 Å². The predicted molar refractivity (Wildman–Crippen MR) is 68.2 cm³/mol. The van der Waals surface area contributed by atoms with Gasteiger partial charge in [-0.2, -0.15) is 0 Å². The minimum atomic E-state index is -0.440. The Bertz CT molecular complexity index is 538. The van der Waals surface area contributed by atoms with E-state index in [4.69, 9.17) is 5.73 Å². The first-order valence-corrected chi connectivity index (χ1v) is 5.62. The third-order valence-corrected chi connectivity index (χ3v) is 2.77. The maximum Gasteiger partial charge on any atom is 0.139 e. The molecule has 0 aliphatic carbocycles. The lowest BCUT2D eigenvalue weighted by atomic mass is 10.2. The number of halogens is 3. The van der Waals surface area contributed by atoms with Gasteiger partial charge in [-0.15, -0.1) is 0 Å². The van der Waals surface area contributed by atoms with Crippen LogP contribution in [-0.4, -0.2) is 0 Å². The summed E-state index contributed by atoms with van der Waals surface area (Å²) >= 11 is 3.06. The Morgan fingerprint density at radius 3 is 2.41 bits per heavy atom. The zero-order valence-electron chi connectivity index (χ0n) is 8.68. The van der Waals surface area contributed by atoms with Gasteiger partial charge in [-0.1, -0.05) is 0 Å².